The third-order valence-corrected chi connectivity index (χ3v) is 4.18. The smallest absolute Gasteiger partial charge is 0.273 e. The third-order valence-electron chi connectivity index (χ3n) is 4.18. The number of fused-ring (bicyclic) bond motifs is 1. The van der Waals surface area contributed by atoms with E-state index in [1.54, 1.807) is 48.5 Å². The molecule has 3 aromatic rings. The molecular formula is C19H15N5O3. The van der Waals surface area contributed by atoms with E-state index in [2.05, 4.69) is 15.5 Å². The van der Waals surface area contributed by atoms with Crippen molar-refractivity contribution < 1.29 is 9.59 Å². The molecule has 0 fully saturated rings. The number of rotatable bonds is 3. The predicted octanol–water partition coefficient (Wildman–Crippen LogP) is 1.65. The van der Waals surface area contributed by atoms with Gasteiger partial charge in [0, 0.05) is 12.8 Å². The van der Waals surface area contributed by atoms with Crippen molar-refractivity contribution in [2.24, 2.45) is 5.10 Å². The van der Waals surface area contributed by atoms with Crippen LogP contribution in [0.5, 0.6) is 0 Å². The lowest BCUT2D eigenvalue weighted by Crippen LogP contribution is -2.41. The molecule has 8 heteroatoms. The highest BCUT2D eigenvalue weighted by atomic mass is 16.2. The number of nitrogens with one attached hydrogen (secondary N) is 1. The molecule has 27 heavy (non-hydrogen) atoms. The summed E-state index contributed by atoms with van der Waals surface area (Å²) < 4.78 is 1.02. The number of anilines is 1. The fourth-order valence-corrected chi connectivity index (χ4v) is 2.81. The number of para-hydroxylation sites is 2. The molecule has 1 aliphatic rings. The van der Waals surface area contributed by atoms with Crippen LogP contribution in [0, 0.1) is 0 Å². The minimum absolute atomic E-state index is 0.159. The van der Waals surface area contributed by atoms with E-state index in [0.29, 0.717) is 16.6 Å². The summed E-state index contributed by atoms with van der Waals surface area (Å²) in [7, 11) is 0. The fourth-order valence-electron chi connectivity index (χ4n) is 2.81. The van der Waals surface area contributed by atoms with E-state index >= 15 is 0 Å². The van der Waals surface area contributed by atoms with Gasteiger partial charge in [0.2, 0.25) is 5.91 Å². The molecule has 0 aliphatic carbocycles. The summed E-state index contributed by atoms with van der Waals surface area (Å²) in [6, 6.07) is 15.7. The number of hydrazone groups is 1. The molecule has 1 aromatic heterocycles. The number of nitrogens with zero attached hydrogens (tertiary/aromatic N) is 4. The lowest BCUT2D eigenvalue weighted by Gasteiger charge is -2.23. The summed E-state index contributed by atoms with van der Waals surface area (Å²) in [5, 5.41) is 5.78. The van der Waals surface area contributed by atoms with Crippen LogP contribution in [0.4, 0.5) is 5.69 Å². The molecule has 2 amide bonds. The highest BCUT2D eigenvalue weighted by molar-refractivity contribution is 6.42. The number of hydrogen-bond acceptors (Lipinski definition) is 5. The average molecular weight is 361 g/mol. The van der Waals surface area contributed by atoms with Gasteiger partial charge in [-0.2, -0.15) is 5.10 Å². The van der Waals surface area contributed by atoms with Gasteiger partial charge >= 0.3 is 0 Å². The van der Waals surface area contributed by atoms with Crippen molar-refractivity contribution >= 4 is 34.1 Å². The van der Waals surface area contributed by atoms with Crippen LogP contribution in [0.2, 0.25) is 0 Å². The first-order valence-electron chi connectivity index (χ1n) is 8.37. The molecule has 0 unspecified atom stereocenters. The second kappa shape index (κ2) is 6.83. The topological polar surface area (TPSA) is 96.7 Å². The van der Waals surface area contributed by atoms with Gasteiger partial charge in [0.05, 0.1) is 16.6 Å². The largest absolute Gasteiger partial charge is 0.286 e. The Kier molecular flexibility index (Phi) is 4.21. The molecule has 2 heterocycles. The van der Waals surface area contributed by atoms with Crippen LogP contribution < -0.4 is 16.0 Å². The Morgan fingerprint density at radius 2 is 1.70 bits per heavy atom. The first-order valence-corrected chi connectivity index (χ1v) is 8.37. The number of carbonyl (C=O) groups is 2. The van der Waals surface area contributed by atoms with E-state index in [1.165, 1.54) is 11.3 Å². The van der Waals surface area contributed by atoms with Gasteiger partial charge in [-0.25, -0.2) is 14.7 Å². The lowest BCUT2D eigenvalue weighted by atomic mass is 10.1. The quantitative estimate of drug-likeness (QED) is 0.767. The minimum Gasteiger partial charge on any atom is -0.273 e. The van der Waals surface area contributed by atoms with Crippen molar-refractivity contribution in [2.45, 2.75) is 12.8 Å². The van der Waals surface area contributed by atoms with Crippen molar-refractivity contribution in [1.29, 1.82) is 0 Å². The SMILES string of the molecule is O=C(Nn1cnc2ccccc2c1=O)C1=NN(c2ccccc2)C(=O)CC1. The van der Waals surface area contributed by atoms with Crippen molar-refractivity contribution in [1.82, 2.24) is 9.66 Å². The molecule has 0 saturated heterocycles. The number of amides is 2. The minimum atomic E-state index is -0.553. The Balaban J connectivity index is 1.62. The lowest BCUT2D eigenvalue weighted by molar-refractivity contribution is -0.118. The molecule has 0 atom stereocenters. The van der Waals surface area contributed by atoms with E-state index in [4.69, 9.17) is 0 Å². The Hall–Kier alpha value is -3.81. The van der Waals surface area contributed by atoms with Crippen LogP contribution in [0.25, 0.3) is 10.9 Å². The van der Waals surface area contributed by atoms with Crippen LogP contribution in [-0.4, -0.2) is 27.2 Å². The van der Waals surface area contributed by atoms with E-state index in [-0.39, 0.29) is 30.0 Å². The van der Waals surface area contributed by atoms with Gasteiger partial charge in [0.15, 0.2) is 0 Å². The van der Waals surface area contributed by atoms with Crippen LogP contribution in [0.15, 0.2) is 70.8 Å². The van der Waals surface area contributed by atoms with Gasteiger partial charge in [0.25, 0.3) is 11.5 Å². The first-order chi connectivity index (χ1) is 13.1. The number of carbonyl (C=O) groups excluding carboxylic acids is 2. The average Bonchev–Trinajstić information content (AvgIpc) is 2.71. The van der Waals surface area contributed by atoms with E-state index in [9.17, 15) is 14.4 Å². The van der Waals surface area contributed by atoms with Gasteiger partial charge < -0.3 is 0 Å². The third kappa shape index (κ3) is 3.20. The molecule has 0 spiro atoms. The zero-order valence-corrected chi connectivity index (χ0v) is 14.2. The molecule has 1 aliphatic heterocycles. The first kappa shape index (κ1) is 16.6. The summed E-state index contributed by atoms with van der Waals surface area (Å²) >= 11 is 0. The zero-order chi connectivity index (χ0) is 18.8. The summed E-state index contributed by atoms with van der Waals surface area (Å²) in [6.45, 7) is 0. The molecule has 8 nitrogen and oxygen atoms in total. The second-order valence-corrected chi connectivity index (χ2v) is 5.97. The predicted molar refractivity (Wildman–Crippen MR) is 101 cm³/mol. The van der Waals surface area contributed by atoms with Crippen LogP contribution >= 0.6 is 0 Å². The molecule has 4 rings (SSSR count). The molecule has 2 aromatic carbocycles. The number of benzene rings is 2. The second-order valence-electron chi connectivity index (χ2n) is 5.97. The van der Waals surface area contributed by atoms with Gasteiger partial charge in [0.1, 0.15) is 12.0 Å². The summed E-state index contributed by atoms with van der Waals surface area (Å²) in [6.07, 6.45) is 1.61. The number of aromatic nitrogens is 2. The van der Waals surface area contributed by atoms with Gasteiger partial charge in [-0.15, -0.1) is 0 Å². The van der Waals surface area contributed by atoms with E-state index in [1.807, 2.05) is 6.07 Å². The standard InChI is InChI=1S/C19H15N5O3/c25-17-11-10-16(21-24(17)13-6-2-1-3-7-13)18(26)22-23-12-20-15-9-5-4-8-14(15)19(23)27/h1-9,12H,10-11H2,(H,22,26). The van der Waals surface area contributed by atoms with Crippen molar-refractivity contribution in [3.05, 3.63) is 71.3 Å². The Morgan fingerprint density at radius 3 is 2.52 bits per heavy atom. The van der Waals surface area contributed by atoms with Crippen molar-refractivity contribution in [3.63, 3.8) is 0 Å². The monoisotopic (exact) mass is 361 g/mol. The zero-order valence-electron chi connectivity index (χ0n) is 14.2. The van der Waals surface area contributed by atoms with Crippen molar-refractivity contribution in [2.75, 3.05) is 10.4 Å². The molecular weight excluding hydrogens is 346 g/mol. The van der Waals surface area contributed by atoms with Crippen LogP contribution in [0.3, 0.4) is 0 Å². The highest BCUT2D eigenvalue weighted by Crippen LogP contribution is 2.19. The van der Waals surface area contributed by atoms with Gasteiger partial charge in [-0.1, -0.05) is 30.3 Å². The molecule has 0 bridgehead atoms. The highest BCUT2D eigenvalue weighted by Gasteiger charge is 2.25. The maximum absolute atomic E-state index is 12.6. The maximum Gasteiger partial charge on any atom is 0.286 e. The number of hydrogen-bond donors (Lipinski definition) is 1. The van der Waals surface area contributed by atoms with Crippen molar-refractivity contribution in [3.8, 4) is 0 Å². The maximum atomic E-state index is 12.6. The Morgan fingerprint density at radius 1 is 0.963 bits per heavy atom. The fraction of sp³-hybridized carbons (Fsp3) is 0.105. The van der Waals surface area contributed by atoms with Crippen LogP contribution in [0.1, 0.15) is 12.8 Å². The van der Waals surface area contributed by atoms with Crippen LogP contribution in [-0.2, 0) is 9.59 Å². The van der Waals surface area contributed by atoms with E-state index < -0.39 is 5.91 Å². The summed E-state index contributed by atoms with van der Waals surface area (Å²) in [5.74, 6) is -0.745. The molecule has 1 N–H and O–H groups in total. The molecule has 134 valence electrons. The van der Waals surface area contributed by atoms with Gasteiger partial charge in [-0.05, 0) is 24.3 Å². The molecule has 0 radical (unpaired) electrons. The Bertz CT molecular complexity index is 1120. The molecule has 0 saturated carbocycles. The summed E-state index contributed by atoms with van der Waals surface area (Å²) in [5.41, 5.74) is 3.40. The van der Waals surface area contributed by atoms with Gasteiger partial charge in [-0.3, -0.25) is 19.8 Å². The normalized spacial score (nSPS) is 14.1. The summed E-state index contributed by atoms with van der Waals surface area (Å²) in [4.78, 5) is 41.4. The Labute approximate surface area is 153 Å². The van der Waals surface area contributed by atoms with E-state index in [0.717, 1.165) is 4.68 Å².